The topological polar surface area (TPSA) is 40.9 Å². The Balaban J connectivity index is 2.90. The highest BCUT2D eigenvalue weighted by Gasteiger charge is 2.23. The molecule has 2 nitrogen and oxygen atoms in total. The van der Waals surface area contributed by atoms with E-state index in [4.69, 9.17) is 5.26 Å². The van der Waals surface area contributed by atoms with Gasteiger partial charge in [0.15, 0.2) is 5.78 Å². The summed E-state index contributed by atoms with van der Waals surface area (Å²) in [6.45, 7) is 3.77. The van der Waals surface area contributed by atoms with E-state index >= 15 is 0 Å². The average molecular weight is 272 g/mol. The molecular formula is C10H10BrNOS. The molecule has 74 valence electrons. The maximum absolute atomic E-state index is 11.8. The molecule has 0 spiro atoms. The van der Waals surface area contributed by atoms with E-state index in [0.29, 0.717) is 4.88 Å². The number of halogens is 1. The molecule has 1 aromatic rings. The molecule has 14 heavy (non-hydrogen) atoms. The molecule has 1 unspecified atom stereocenters. The van der Waals surface area contributed by atoms with Crippen molar-refractivity contribution in [2.75, 3.05) is 0 Å². The minimum absolute atomic E-state index is 0.0633. The first kappa shape index (κ1) is 11.4. The van der Waals surface area contributed by atoms with Crippen molar-refractivity contribution < 1.29 is 4.79 Å². The number of hydrogen-bond donors (Lipinski definition) is 0. The molecule has 0 saturated carbocycles. The van der Waals surface area contributed by atoms with Crippen LogP contribution in [0, 0.1) is 23.2 Å². The average Bonchev–Trinajstić information content (AvgIpc) is 2.52. The lowest BCUT2D eigenvalue weighted by Gasteiger charge is -2.09. The van der Waals surface area contributed by atoms with Crippen LogP contribution in [-0.4, -0.2) is 5.78 Å². The predicted octanol–water partition coefficient (Wildman–Crippen LogP) is 3.49. The molecule has 0 fully saturated rings. The first-order valence-electron chi connectivity index (χ1n) is 4.25. The molecule has 1 aromatic heterocycles. The maximum Gasteiger partial charge on any atom is 0.190 e. The van der Waals surface area contributed by atoms with Crippen molar-refractivity contribution in [3.63, 3.8) is 0 Å². The van der Waals surface area contributed by atoms with Crippen LogP contribution in [0.3, 0.4) is 0 Å². The lowest BCUT2D eigenvalue weighted by atomic mass is 9.92. The summed E-state index contributed by atoms with van der Waals surface area (Å²) in [7, 11) is 0. The van der Waals surface area contributed by atoms with Gasteiger partial charge in [0, 0.05) is 0 Å². The van der Waals surface area contributed by atoms with Gasteiger partial charge in [0.2, 0.25) is 0 Å². The smallest absolute Gasteiger partial charge is 0.190 e. The van der Waals surface area contributed by atoms with Crippen molar-refractivity contribution in [1.82, 2.24) is 0 Å². The first-order chi connectivity index (χ1) is 6.56. The van der Waals surface area contributed by atoms with Crippen LogP contribution in [0.4, 0.5) is 0 Å². The molecule has 0 amide bonds. The van der Waals surface area contributed by atoms with Crippen LogP contribution in [0.1, 0.15) is 23.5 Å². The second kappa shape index (κ2) is 4.72. The van der Waals surface area contributed by atoms with Gasteiger partial charge in [-0.15, -0.1) is 11.3 Å². The van der Waals surface area contributed by atoms with Gasteiger partial charge in [-0.05, 0) is 34.0 Å². The summed E-state index contributed by atoms with van der Waals surface area (Å²) in [5.41, 5.74) is 0. The summed E-state index contributed by atoms with van der Waals surface area (Å²) in [6.07, 6.45) is 0. The Labute approximate surface area is 95.7 Å². The fourth-order valence-electron chi connectivity index (χ4n) is 1.11. The molecule has 0 aliphatic heterocycles. The second-order valence-corrected chi connectivity index (χ2v) is 5.78. The van der Waals surface area contributed by atoms with Crippen molar-refractivity contribution in [3.05, 3.63) is 20.8 Å². The van der Waals surface area contributed by atoms with Gasteiger partial charge < -0.3 is 0 Å². The largest absolute Gasteiger partial charge is 0.292 e. The maximum atomic E-state index is 11.8. The van der Waals surface area contributed by atoms with Gasteiger partial charge in [-0.25, -0.2) is 0 Å². The summed E-state index contributed by atoms with van der Waals surface area (Å²) in [5, 5.41) is 8.86. The number of carbonyl (C=O) groups is 1. The first-order valence-corrected chi connectivity index (χ1v) is 5.86. The van der Waals surface area contributed by atoms with E-state index in [0.717, 1.165) is 3.79 Å². The van der Waals surface area contributed by atoms with E-state index in [1.54, 1.807) is 6.07 Å². The molecule has 1 atom stereocenters. The van der Waals surface area contributed by atoms with Gasteiger partial charge in [-0.3, -0.25) is 4.79 Å². The minimum atomic E-state index is -0.527. The van der Waals surface area contributed by atoms with Crippen LogP contribution in [0.2, 0.25) is 0 Å². The lowest BCUT2D eigenvalue weighted by Crippen LogP contribution is -2.17. The van der Waals surface area contributed by atoms with Crippen LogP contribution in [0.5, 0.6) is 0 Å². The summed E-state index contributed by atoms with van der Waals surface area (Å²) in [4.78, 5) is 12.4. The van der Waals surface area contributed by atoms with E-state index in [-0.39, 0.29) is 11.7 Å². The quantitative estimate of drug-likeness (QED) is 0.790. The summed E-state index contributed by atoms with van der Waals surface area (Å²) < 4.78 is 0.918. The number of thiophene rings is 1. The summed E-state index contributed by atoms with van der Waals surface area (Å²) in [6, 6.07) is 5.63. The van der Waals surface area contributed by atoms with E-state index in [9.17, 15) is 4.79 Å². The zero-order valence-electron chi connectivity index (χ0n) is 7.95. The standard InChI is InChI=1S/C10H10BrNOS/c1-6(2)7(5-12)10(13)8-3-4-9(11)14-8/h3-4,6-7H,1-2H3. The van der Waals surface area contributed by atoms with Crippen LogP contribution < -0.4 is 0 Å². The third-order valence-corrected chi connectivity index (χ3v) is 3.54. The number of carbonyl (C=O) groups excluding carboxylic acids is 1. The lowest BCUT2D eigenvalue weighted by molar-refractivity contribution is 0.0928. The Kier molecular flexibility index (Phi) is 3.85. The van der Waals surface area contributed by atoms with E-state index in [1.807, 2.05) is 19.9 Å². The van der Waals surface area contributed by atoms with Crippen molar-refractivity contribution >= 4 is 33.0 Å². The van der Waals surface area contributed by atoms with Crippen LogP contribution >= 0.6 is 27.3 Å². The number of rotatable bonds is 3. The highest BCUT2D eigenvalue weighted by atomic mass is 79.9. The molecule has 1 heterocycles. The Hall–Kier alpha value is -0.660. The van der Waals surface area contributed by atoms with E-state index in [2.05, 4.69) is 22.0 Å². The molecule has 0 radical (unpaired) electrons. The van der Waals surface area contributed by atoms with Gasteiger partial charge >= 0.3 is 0 Å². The van der Waals surface area contributed by atoms with Gasteiger partial charge in [0.1, 0.15) is 5.92 Å². The predicted molar refractivity (Wildman–Crippen MR) is 60.3 cm³/mol. The molecule has 4 heteroatoms. The van der Waals surface area contributed by atoms with Crippen molar-refractivity contribution in [3.8, 4) is 6.07 Å². The SMILES string of the molecule is CC(C)C(C#N)C(=O)c1ccc(Br)s1. The highest BCUT2D eigenvalue weighted by molar-refractivity contribution is 9.11. The number of nitrogens with zero attached hydrogens (tertiary/aromatic N) is 1. The van der Waals surface area contributed by atoms with Gasteiger partial charge in [-0.2, -0.15) is 5.26 Å². The Bertz CT molecular complexity index is 378. The summed E-state index contributed by atoms with van der Waals surface area (Å²) >= 11 is 4.66. The third-order valence-electron chi connectivity index (χ3n) is 1.90. The highest BCUT2D eigenvalue weighted by Crippen LogP contribution is 2.26. The van der Waals surface area contributed by atoms with Crippen molar-refractivity contribution in [2.24, 2.45) is 11.8 Å². The molecule has 0 aliphatic rings. The van der Waals surface area contributed by atoms with Crippen molar-refractivity contribution in [2.45, 2.75) is 13.8 Å². The molecule has 0 N–H and O–H groups in total. The number of ketones is 1. The Morgan fingerprint density at radius 3 is 2.57 bits per heavy atom. The van der Waals surface area contributed by atoms with Crippen LogP contribution in [0.15, 0.2) is 15.9 Å². The fraction of sp³-hybridized carbons (Fsp3) is 0.400. The monoisotopic (exact) mass is 271 g/mol. The minimum Gasteiger partial charge on any atom is -0.292 e. The van der Waals surface area contributed by atoms with Crippen molar-refractivity contribution in [1.29, 1.82) is 5.26 Å². The van der Waals surface area contributed by atoms with Gasteiger partial charge in [0.25, 0.3) is 0 Å². The number of hydrogen-bond acceptors (Lipinski definition) is 3. The fourth-order valence-corrected chi connectivity index (χ4v) is 2.48. The van der Waals surface area contributed by atoms with E-state index in [1.165, 1.54) is 11.3 Å². The number of nitriles is 1. The van der Waals surface area contributed by atoms with Gasteiger partial charge in [-0.1, -0.05) is 13.8 Å². The molecule has 0 aromatic carbocycles. The van der Waals surface area contributed by atoms with Crippen LogP contribution in [0.25, 0.3) is 0 Å². The van der Waals surface area contributed by atoms with E-state index < -0.39 is 5.92 Å². The second-order valence-electron chi connectivity index (χ2n) is 3.32. The molecule has 0 saturated heterocycles. The molecular weight excluding hydrogens is 262 g/mol. The normalized spacial score (nSPS) is 12.5. The van der Waals surface area contributed by atoms with Gasteiger partial charge in [0.05, 0.1) is 14.7 Å². The Morgan fingerprint density at radius 2 is 2.21 bits per heavy atom. The Morgan fingerprint density at radius 1 is 1.57 bits per heavy atom. The number of Topliss-reactive ketones (excluding diaryl/α,β-unsaturated/α-hetero) is 1. The summed E-state index contributed by atoms with van der Waals surface area (Å²) in [5.74, 6) is -0.535. The molecule has 0 aliphatic carbocycles. The zero-order chi connectivity index (χ0) is 10.7. The molecule has 0 bridgehead atoms. The van der Waals surface area contributed by atoms with Crippen LogP contribution in [-0.2, 0) is 0 Å². The molecule has 1 rings (SSSR count). The third kappa shape index (κ3) is 2.43. The zero-order valence-corrected chi connectivity index (χ0v) is 10.4.